The van der Waals surface area contributed by atoms with Gasteiger partial charge in [-0.3, -0.25) is 0 Å². The summed E-state index contributed by atoms with van der Waals surface area (Å²) in [6.45, 7) is 0.862. The van der Waals surface area contributed by atoms with Crippen LogP contribution < -0.4 is 0 Å². The zero-order chi connectivity index (χ0) is 10.3. The Morgan fingerprint density at radius 1 is 1.43 bits per heavy atom. The van der Waals surface area contributed by atoms with Crippen molar-refractivity contribution in [1.29, 1.82) is 0 Å². The van der Waals surface area contributed by atoms with Crippen LogP contribution in [0.15, 0.2) is 22.7 Å². The van der Waals surface area contributed by atoms with Gasteiger partial charge in [-0.1, -0.05) is 22.0 Å². The quantitative estimate of drug-likeness (QED) is 0.762. The lowest BCUT2D eigenvalue weighted by Gasteiger charge is -2.07. The Morgan fingerprint density at radius 2 is 2.14 bits per heavy atom. The van der Waals surface area contributed by atoms with Crippen LogP contribution >= 0.6 is 27.5 Å². The second kappa shape index (κ2) is 3.24. The van der Waals surface area contributed by atoms with Crippen LogP contribution in [-0.4, -0.2) is 4.37 Å². The highest BCUT2D eigenvalue weighted by Crippen LogP contribution is 2.37. The van der Waals surface area contributed by atoms with Crippen molar-refractivity contribution < 1.29 is 8.78 Å². The van der Waals surface area contributed by atoms with Crippen LogP contribution in [0, 0.1) is 0 Å². The predicted molar refractivity (Wildman–Crippen MR) is 56.9 cm³/mol. The van der Waals surface area contributed by atoms with E-state index in [0.29, 0.717) is 9.86 Å². The van der Waals surface area contributed by atoms with Gasteiger partial charge in [-0.2, -0.15) is 13.2 Å². The van der Waals surface area contributed by atoms with Gasteiger partial charge in [0.1, 0.15) is 5.69 Å². The minimum Gasteiger partial charge on any atom is -0.200 e. The third-order valence-corrected chi connectivity index (χ3v) is 3.33. The Hall–Kier alpha value is -0.550. The summed E-state index contributed by atoms with van der Waals surface area (Å²) < 4.78 is 31.5. The zero-order valence-corrected chi connectivity index (χ0v) is 9.62. The monoisotopic (exact) mass is 277 g/mol. The van der Waals surface area contributed by atoms with E-state index in [4.69, 9.17) is 0 Å². The Labute approximate surface area is 92.0 Å². The normalized spacial score (nSPS) is 12.3. The number of hydrogen-bond donors (Lipinski definition) is 0. The molecule has 1 aromatic carbocycles. The summed E-state index contributed by atoms with van der Waals surface area (Å²) >= 11 is 4.35. The largest absolute Gasteiger partial charge is 0.288 e. The van der Waals surface area contributed by atoms with E-state index in [1.54, 1.807) is 12.1 Å². The van der Waals surface area contributed by atoms with Gasteiger partial charge in [0.2, 0.25) is 0 Å². The molecule has 0 N–H and O–H groups in total. The fourth-order valence-electron chi connectivity index (χ4n) is 1.25. The molecule has 5 heteroatoms. The van der Waals surface area contributed by atoms with Gasteiger partial charge in [-0.05, 0) is 23.7 Å². The van der Waals surface area contributed by atoms with Gasteiger partial charge in [0.05, 0.1) is 4.70 Å². The van der Waals surface area contributed by atoms with Gasteiger partial charge < -0.3 is 0 Å². The molecule has 0 bridgehead atoms. The maximum atomic E-state index is 13.1. The topological polar surface area (TPSA) is 12.9 Å². The van der Waals surface area contributed by atoms with E-state index in [0.717, 1.165) is 23.2 Å². The summed E-state index contributed by atoms with van der Waals surface area (Å²) in [6, 6.07) is 5.33. The van der Waals surface area contributed by atoms with Gasteiger partial charge in [0.25, 0.3) is 5.92 Å². The first-order valence-electron chi connectivity index (χ1n) is 3.92. The van der Waals surface area contributed by atoms with Gasteiger partial charge in [0, 0.05) is 16.8 Å². The number of halogens is 3. The van der Waals surface area contributed by atoms with Gasteiger partial charge in [-0.25, -0.2) is 0 Å². The summed E-state index contributed by atoms with van der Waals surface area (Å²) in [7, 11) is 0. The highest BCUT2D eigenvalue weighted by molar-refractivity contribution is 9.10. The maximum absolute atomic E-state index is 13.1. The Balaban J connectivity index is 2.80. The molecule has 2 rings (SSSR count). The van der Waals surface area contributed by atoms with Gasteiger partial charge >= 0.3 is 0 Å². The van der Waals surface area contributed by atoms with E-state index >= 15 is 0 Å². The molecule has 0 spiro atoms. The number of alkyl halides is 2. The summed E-state index contributed by atoms with van der Waals surface area (Å²) in [5.41, 5.74) is -0.148. The van der Waals surface area contributed by atoms with E-state index < -0.39 is 5.92 Å². The van der Waals surface area contributed by atoms with Crippen LogP contribution in [0.25, 0.3) is 10.1 Å². The number of nitrogens with zero attached hydrogens (tertiary/aromatic N) is 1. The SMILES string of the molecule is CC(F)(F)c1nsc2cccc(Br)c12. The molecule has 2 aromatic rings. The molecular formula is C9H6BrF2NS. The average Bonchev–Trinajstić information content (AvgIpc) is 2.47. The molecule has 0 aliphatic rings. The van der Waals surface area contributed by atoms with Crippen LogP contribution in [-0.2, 0) is 5.92 Å². The lowest BCUT2D eigenvalue weighted by atomic mass is 10.1. The molecule has 74 valence electrons. The van der Waals surface area contributed by atoms with Crippen molar-refractivity contribution in [3.8, 4) is 0 Å². The minimum atomic E-state index is -2.89. The number of aromatic nitrogens is 1. The molecule has 14 heavy (non-hydrogen) atoms. The van der Waals surface area contributed by atoms with Crippen LogP contribution in [0.5, 0.6) is 0 Å². The van der Waals surface area contributed by atoms with E-state index in [1.807, 2.05) is 6.07 Å². The molecule has 0 atom stereocenters. The average molecular weight is 278 g/mol. The minimum absolute atomic E-state index is 0.148. The molecule has 0 fully saturated rings. The van der Waals surface area contributed by atoms with Crippen LogP contribution in [0.4, 0.5) is 8.78 Å². The standard InChI is InChI=1S/C9H6BrF2NS/c1-9(11,12)8-7-5(10)3-2-4-6(7)14-13-8/h2-4H,1H3. The van der Waals surface area contributed by atoms with Crippen molar-refractivity contribution in [2.75, 3.05) is 0 Å². The number of benzene rings is 1. The molecule has 1 nitrogen and oxygen atoms in total. The van der Waals surface area contributed by atoms with E-state index in [1.165, 1.54) is 0 Å². The van der Waals surface area contributed by atoms with Crippen molar-refractivity contribution in [3.63, 3.8) is 0 Å². The van der Waals surface area contributed by atoms with Crippen molar-refractivity contribution >= 4 is 37.5 Å². The van der Waals surface area contributed by atoms with Gasteiger partial charge in [-0.15, -0.1) is 0 Å². The fourth-order valence-corrected chi connectivity index (χ4v) is 2.81. The Bertz CT molecular complexity index is 475. The first-order valence-corrected chi connectivity index (χ1v) is 5.49. The predicted octanol–water partition coefficient (Wildman–Crippen LogP) is 4.17. The third-order valence-electron chi connectivity index (χ3n) is 1.86. The second-order valence-electron chi connectivity index (χ2n) is 3.03. The van der Waals surface area contributed by atoms with Crippen LogP contribution in [0.3, 0.4) is 0 Å². The van der Waals surface area contributed by atoms with Crippen molar-refractivity contribution in [3.05, 3.63) is 28.4 Å². The molecule has 0 unspecified atom stereocenters. The molecule has 1 aromatic heterocycles. The molecule has 0 saturated heterocycles. The highest BCUT2D eigenvalue weighted by Gasteiger charge is 2.30. The smallest absolute Gasteiger partial charge is 0.200 e. The molecule has 0 aliphatic carbocycles. The first kappa shape index (κ1) is 9.98. The summed E-state index contributed by atoms with van der Waals surface area (Å²) in [6.07, 6.45) is 0. The second-order valence-corrected chi connectivity index (χ2v) is 4.69. The zero-order valence-electron chi connectivity index (χ0n) is 7.22. The molecule has 0 aliphatic heterocycles. The van der Waals surface area contributed by atoms with Gasteiger partial charge in [0.15, 0.2) is 0 Å². The van der Waals surface area contributed by atoms with Crippen molar-refractivity contribution in [2.24, 2.45) is 0 Å². The molecular weight excluding hydrogens is 272 g/mol. The third kappa shape index (κ3) is 1.54. The van der Waals surface area contributed by atoms with E-state index in [-0.39, 0.29) is 5.69 Å². The summed E-state index contributed by atoms with van der Waals surface area (Å²) in [4.78, 5) is 0. The van der Waals surface area contributed by atoms with Crippen molar-refractivity contribution in [1.82, 2.24) is 4.37 Å². The molecule has 1 heterocycles. The van der Waals surface area contributed by atoms with E-state index in [9.17, 15) is 8.78 Å². The van der Waals surface area contributed by atoms with Crippen molar-refractivity contribution in [2.45, 2.75) is 12.8 Å². The summed E-state index contributed by atoms with van der Waals surface area (Å²) in [5.74, 6) is -2.89. The fraction of sp³-hybridized carbons (Fsp3) is 0.222. The van der Waals surface area contributed by atoms with Crippen LogP contribution in [0.1, 0.15) is 12.6 Å². The molecule has 0 saturated carbocycles. The maximum Gasteiger partial charge on any atom is 0.288 e. The lowest BCUT2D eigenvalue weighted by Crippen LogP contribution is -2.07. The van der Waals surface area contributed by atoms with Crippen LogP contribution in [0.2, 0.25) is 0 Å². The van der Waals surface area contributed by atoms with E-state index in [2.05, 4.69) is 20.3 Å². The first-order chi connectivity index (χ1) is 6.50. The molecule has 0 radical (unpaired) electrons. The Morgan fingerprint density at radius 3 is 2.79 bits per heavy atom. The summed E-state index contributed by atoms with van der Waals surface area (Å²) in [5, 5.41) is 0.519. The number of hydrogen-bond acceptors (Lipinski definition) is 2. The lowest BCUT2D eigenvalue weighted by molar-refractivity contribution is 0.0153. The molecule has 0 amide bonds. The number of rotatable bonds is 1. The number of fused-ring (bicyclic) bond motifs is 1. The Kier molecular flexibility index (Phi) is 2.31. The highest BCUT2D eigenvalue weighted by atomic mass is 79.9.